The SMILES string of the molecule is CN1C(=O)CC(NC(=O)c2cc3cccc(N)c3[nH]2)C1=O. The van der Waals surface area contributed by atoms with Crippen LogP contribution in [0.25, 0.3) is 10.9 Å². The molecule has 3 rings (SSSR count). The molecule has 1 aliphatic rings. The van der Waals surface area contributed by atoms with Gasteiger partial charge in [-0.25, -0.2) is 0 Å². The highest BCUT2D eigenvalue weighted by atomic mass is 16.2. The molecular weight excluding hydrogens is 272 g/mol. The molecule has 1 aliphatic heterocycles. The van der Waals surface area contributed by atoms with E-state index < -0.39 is 17.9 Å². The maximum atomic E-state index is 12.2. The van der Waals surface area contributed by atoms with Gasteiger partial charge in [0.2, 0.25) is 5.91 Å². The number of para-hydroxylation sites is 1. The van der Waals surface area contributed by atoms with Crippen LogP contribution in [0.3, 0.4) is 0 Å². The van der Waals surface area contributed by atoms with Gasteiger partial charge in [-0.3, -0.25) is 19.3 Å². The highest BCUT2D eigenvalue weighted by molar-refractivity contribution is 6.08. The monoisotopic (exact) mass is 286 g/mol. The highest BCUT2D eigenvalue weighted by Gasteiger charge is 2.37. The lowest BCUT2D eigenvalue weighted by atomic mass is 10.2. The lowest BCUT2D eigenvalue weighted by Crippen LogP contribution is -2.40. The maximum Gasteiger partial charge on any atom is 0.268 e. The summed E-state index contributed by atoms with van der Waals surface area (Å²) in [6, 6.07) is 6.21. The van der Waals surface area contributed by atoms with Crippen molar-refractivity contribution in [2.24, 2.45) is 0 Å². The molecule has 0 bridgehead atoms. The normalized spacial score (nSPS) is 18.5. The second-order valence-electron chi connectivity index (χ2n) is 5.02. The Bertz CT molecular complexity index is 765. The van der Waals surface area contributed by atoms with Crippen LogP contribution in [0, 0.1) is 0 Å². The van der Waals surface area contributed by atoms with Crippen molar-refractivity contribution in [3.05, 3.63) is 30.0 Å². The number of aromatic nitrogens is 1. The standard InChI is InChI=1S/C14H14N4O3/c1-18-11(19)6-10(14(18)21)17-13(20)9-5-7-3-2-4-8(15)12(7)16-9/h2-5,10,16H,6,15H2,1H3,(H,17,20). The van der Waals surface area contributed by atoms with Gasteiger partial charge in [-0.1, -0.05) is 12.1 Å². The van der Waals surface area contributed by atoms with Crippen LogP contribution in [-0.4, -0.2) is 40.7 Å². The van der Waals surface area contributed by atoms with E-state index in [1.807, 2.05) is 6.07 Å². The second kappa shape index (κ2) is 4.62. The third-order valence-corrected chi connectivity index (χ3v) is 3.62. The quantitative estimate of drug-likeness (QED) is 0.542. The van der Waals surface area contributed by atoms with Crippen molar-refractivity contribution in [1.82, 2.24) is 15.2 Å². The number of benzene rings is 1. The zero-order valence-corrected chi connectivity index (χ0v) is 11.3. The summed E-state index contributed by atoms with van der Waals surface area (Å²) in [5, 5.41) is 3.37. The minimum atomic E-state index is -0.807. The first kappa shape index (κ1) is 13.2. The maximum absolute atomic E-state index is 12.2. The molecule has 2 aromatic rings. The van der Waals surface area contributed by atoms with Crippen LogP contribution in [0.4, 0.5) is 5.69 Å². The molecule has 1 saturated heterocycles. The smallest absolute Gasteiger partial charge is 0.268 e. The van der Waals surface area contributed by atoms with Crippen molar-refractivity contribution in [3.63, 3.8) is 0 Å². The average molecular weight is 286 g/mol. The highest BCUT2D eigenvalue weighted by Crippen LogP contribution is 2.21. The number of imide groups is 1. The number of nitrogens with two attached hydrogens (primary N) is 1. The van der Waals surface area contributed by atoms with Crippen LogP contribution in [0.1, 0.15) is 16.9 Å². The predicted molar refractivity (Wildman–Crippen MR) is 76.4 cm³/mol. The fourth-order valence-electron chi connectivity index (χ4n) is 2.41. The van der Waals surface area contributed by atoms with E-state index in [1.54, 1.807) is 18.2 Å². The number of hydrogen-bond donors (Lipinski definition) is 3. The first-order valence-corrected chi connectivity index (χ1v) is 6.46. The fraction of sp³-hybridized carbons (Fsp3) is 0.214. The average Bonchev–Trinajstić information content (AvgIpc) is 2.98. The summed E-state index contributed by atoms with van der Waals surface area (Å²) in [7, 11) is 1.40. The number of carbonyl (C=O) groups excluding carboxylic acids is 3. The van der Waals surface area contributed by atoms with Crippen LogP contribution >= 0.6 is 0 Å². The molecule has 0 radical (unpaired) electrons. The Kier molecular flexibility index (Phi) is 2.90. The zero-order valence-electron chi connectivity index (χ0n) is 11.3. The van der Waals surface area contributed by atoms with Gasteiger partial charge in [0.1, 0.15) is 11.7 Å². The number of nitrogens with zero attached hydrogens (tertiary/aromatic N) is 1. The molecule has 1 aromatic carbocycles. The topological polar surface area (TPSA) is 108 Å². The number of fused-ring (bicyclic) bond motifs is 1. The number of aromatic amines is 1. The number of carbonyl (C=O) groups is 3. The lowest BCUT2D eigenvalue weighted by Gasteiger charge is -2.10. The Balaban J connectivity index is 1.83. The number of likely N-dealkylation sites (N-methyl/N-ethyl adjacent to an activating group) is 1. The molecule has 21 heavy (non-hydrogen) atoms. The van der Waals surface area contributed by atoms with E-state index in [-0.39, 0.29) is 12.3 Å². The van der Waals surface area contributed by atoms with Gasteiger partial charge in [-0.15, -0.1) is 0 Å². The van der Waals surface area contributed by atoms with Crippen LogP contribution in [-0.2, 0) is 9.59 Å². The van der Waals surface area contributed by atoms with E-state index in [4.69, 9.17) is 5.73 Å². The molecule has 4 N–H and O–H groups in total. The van der Waals surface area contributed by atoms with Crippen molar-refractivity contribution < 1.29 is 14.4 Å². The number of anilines is 1. The summed E-state index contributed by atoms with van der Waals surface area (Å²) in [6.07, 6.45) is -0.0105. The second-order valence-corrected chi connectivity index (χ2v) is 5.02. The van der Waals surface area contributed by atoms with E-state index in [0.29, 0.717) is 16.9 Å². The molecule has 0 aliphatic carbocycles. The van der Waals surface area contributed by atoms with Gasteiger partial charge in [0, 0.05) is 12.4 Å². The number of nitrogens with one attached hydrogen (secondary N) is 2. The molecule has 7 heteroatoms. The van der Waals surface area contributed by atoms with Crippen molar-refractivity contribution in [2.75, 3.05) is 12.8 Å². The molecule has 7 nitrogen and oxygen atoms in total. The number of H-pyrrole nitrogens is 1. The third kappa shape index (κ3) is 2.12. The molecular formula is C14H14N4O3. The van der Waals surface area contributed by atoms with Gasteiger partial charge in [-0.05, 0) is 12.1 Å². The Morgan fingerprint density at radius 3 is 2.81 bits per heavy atom. The van der Waals surface area contributed by atoms with Gasteiger partial charge < -0.3 is 16.0 Å². The minimum absolute atomic E-state index is 0.0105. The van der Waals surface area contributed by atoms with Crippen molar-refractivity contribution in [3.8, 4) is 0 Å². The number of likely N-dealkylation sites (tertiary alicyclic amines) is 1. The Labute approximate surface area is 120 Å². The Hall–Kier alpha value is -2.83. The Morgan fingerprint density at radius 2 is 2.19 bits per heavy atom. The van der Waals surface area contributed by atoms with Crippen LogP contribution in [0.15, 0.2) is 24.3 Å². The summed E-state index contributed by atoms with van der Waals surface area (Å²) < 4.78 is 0. The van der Waals surface area contributed by atoms with Crippen LogP contribution in [0.5, 0.6) is 0 Å². The van der Waals surface area contributed by atoms with E-state index in [2.05, 4.69) is 10.3 Å². The summed E-state index contributed by atoms with van der Waals surface area (Å²) in [5.41, 5.74) is 7.34. The predicted octanol–water partition coefficient (Wildman–Crippen LogP) is 0.237. The molecule has 3 amide bonds. The van der Waals surface area contributed by atoms with Crippen molar-refractivity contribution >= 4 is 34.3 Å². The fourth-order valence-corrected chi connectivity index (χ4v) is 2.41. The summed E-state index contributed by atoms with van der Waals surface area (Å²) in [5.74, 6) is -1.14. The number of hydrogen-bond acceptors (Lipinski definition) is 4. The summed E-state index contributed by atoms with van der Waals surface area (Å²) in [4.78, 5) is 39.3. The minimum Gasteiger partial charge on any atom is -0.397 e. The molecule has 0 spiro atoms. The first-order valence-electron chi connectivity index (χ1n) is 6.46. The molecule has 0 saturated carbocycles. The largest absolute Gasteiger partial charge is 0.397 e. The van der Waals surface area contributed by atoms with E-state index in [9.17, 15) is 14.4 Å². The molecule has 1 atom stereocenters. The third-order valence-electron chi connectivity index (χ3n) is 3.62. The van der Waals surface area contributed by atoms with E-state index in [0.717, 1.165) is 10.3 Å². The Morgan fingerprint density at radius 1 is 1.43 bits per heavy atom. The lowest BCUT2D eigenvalue weighted by molar-refractivity contribution is -0.137. The number of nitrogen functional groups attached to an aromatic ring is 1. The summed E-state index contributed by atoms with van der Waals surface area (Å²) >= 11 is 0. The van der Waals surface area contributed by atoms with Gasteiger partial charge in [0.15, 0.2) is 0 Å². The molecule has 108 valence electrons. The van der Waals surface area contributed by atoms with Crippen molar-refractivity contribution in [2.45, 2.75) is 12.5 Å². The van der Waals surface area contributed by atoms with E-state index >= 15 is 0 Å². The first-order chi connectivity index (χ1) is 9.97. The number of rotatable bonds is 2. The molecule has 2 heterocycles. The van der Waals surface area contributed by atoms with Gasteiger partial charge >= 0.3 is 0 Å². The number of amides is 3. The van der Waals surface area contributed by atoms with Crippen molar-refractivity contribution in [1.29, 1.82) is 0 Å². The van der Waals surface area contributed by atoms with Gasteiger partial charge in [-0.2, -0.15) is 0 Å². The molecule has 1 aromatic heterocycles. The molecule has 1 unspecified atom stereocenters. The zero-order chi connectivity index (χ0) is 15.1. The molecule has 1 fully saturated rings. The van der Waals surface area contributed by atoms with Gasteiger partial charge in [0.25, 0.3) is 11.8 Å². The van der Waals surface area contributed by atoms with E-state index in [1.165, 1.54) is 7.05 Å². The van der Waals surface area contributed by atoms with Gasteiger partial charge in [0.05, 0.1) is 17.6 Å². The van der Waals surface area contributed by atoms with Crippen LogP contribution in [0.2, 0.25) is 0 Å². The summed E-state index contributed by atoms with van der Waals surface area (Å²) in [6.45, 7) is 0. The van der Waals surface area contributed by atoms with Crippen LogP contribution < -0.4 is 11.1 Å².